The van der Waals surface area contributed by atoms with Crippen molar-refractivity contribution in [1.82, 2.24) is 15.2 Å². The van der Waals surface area contributed by atoms with Crippen LogP contribution in [0.4, 0.5) is 11.6 Å². The van der Waals surface area contributed by atoms with Crippen molar-refractivity contribution < 1.29 is 8.42 Å². The monoisotopic (exact) mass is 239 g/mol. The molecule has 1 heterocycles. The molecule has 0 spiro atoms. The smallest absolute Gasteiger partial charge is 0.264 e. The first-order valence-electron chi connectivity index (χ1n) is 4.32. The lowest BCUT2D eigenvalue weighted by Gasteiger charge is -2.04. The van der Waals surface area contributed by atoms with E-state index in [0.717, 1.165) is 0 Å². The fourth-order valence-corrected chi connectivity index (χ4v) is 2.05. The summed E-state index contributed by atoms with van der Waals surface area (Å²) in [5, 5.41) is 5.93. The Morgan fingerprint density at radius 3 is 2.50 bits per heavy atom. The lowest BCUT2D eigenvalue weighted by Crippen LogP contribution is -2.13. The summed E-state index contributed by atoms with van der Waals surface area (Å²) in [6.45, 7) is 0. The summed E-state index contributed by atoms with van der Waals surface area (Å²) in [6, 6.07) is 5.84. The summed E-state index contributed by atoms with van der Waals surface area (Å²) in [5.74, 6) is 0.0665. The highest BCUT2D eigenvalue weighted by molar-refractivity contribution is 7.92. The molecule has 16 heavy (non-hydrogen) atoms. The molecule has 0 bridgehead atoms. The summed E-state index contributed by atoms with van der Waals surface area (Å²) in [7, 11) is -3.64. The molecule has 0 fully saturated rings. The number of nitrogens with zero attached hydrogens (tertiary/aromatic N) is 2. The number of nitrogens with one attached hydrogen (secondary N) is 2. The SMILES string of the molecule is Nc1ccc(S(=O)(=O)Nc2ncn[nH]2)cc1. The summed E-state index contributed by atoms with van der Waals surface area (Å²) in [4.78, 5) is 3.77. The normalized spacial score (nSPS) is 11.2. The van der Waals surface area contributed by atoms with Gasteiger partial charge in [-0.1, -0.05) is 0 Å². The van der Waals surface area contributed by atoms with Crippen LogP contribution in [0.3, 0.4) is 0 Å². The van der Waals surface area contributed by atoms with E-state index < -0.39 is 10.0 Å². The molecular weight excluding hydrogens is 230 g/mol. The van der Waals surface area contributed by atoms with Gasteiger partial charge < -0.3 is 5.73 Å². The number of rotatable bonds is 3. The van der Waals surface area contributed by atoms with Crippen LogP contribution < -0.4 is 10.5 Å². The van der Waals surface area contributed by atoms with Gasteiger partial charge >= 0.3 is 0 Å². The van der Waals surface area contributed by atoms with Crippen molar-refractivity contribution >= 4 is 21.7 Å². The third kappa shape index (κ3) is 2.11. The summed E-state index contributed by atoms with van der Waals surface area (Å²) >= 11 is 0. The minimum Gasteiger partial charge on any atom is -0.399 e. The maximum Gasteiger partial charge on any atom is 0.264 e. The van der Waals surface area contributed by atoms with Crippen molar-refractivity contribution in [2.75, 3.05) is 10.5 Å². The second-order valence-corrected chi connectivity index (χ2v) is 4.69. The van der Waals surface area contributed by atoms with Crippen molar-refractivity contribution in [2.24, 2.45) is 0 Å². The van der Waals surface area contributed by atoms with Crippen LogP contribution in [-0.4, -0.2) is 23.6 Å². The number of aromatic nitrogens is 3. The minimum absolute atomic E-state index is 0.0665. The number of aromatic amines is 1. The molecule has 1 aromatic carbocycles. The molecule has 2 rings (SSSR count). The van der Waals surface area contributed by atoms with Gasteiger partial charge in [0.15, 0.2) is 0 Å². The Morgan fingerprint density at radius 2 is 1.94 bits per heavy atom. The Morgan fingerprint density at radius 1 is 1.25 bits per heavy atom. The molecular formula is C8H9N5O2S. The number of anilines is 2. The number of benzene rings is 1. The van der Waals surface area contributed by atoms with E-state index in [4.69, 9.17) is 5.73 Å². The van der Waals surface area contributed by atoms with Crippen LogP contribution in [0.25, 0.3) is 0 Å². The van der Waals surface area contributed by atoms with Gasteiger partial charge in [-0.3, -0.25) is 0 Å². The molecule has 4 N–H and O–H groups in total. The number of sulfonamides is 1. The zero-order valence-corrected chi connectivity index (χ0v) is 8.90. The van der Waals surface area contributed by atoms with Crippen molar-refractivity contribution in [3.63, 3.8) is 0 Å². The van der Waals surface area contributed by atoms with Gasteiger partial charge in [0.1, 0.15) is 6.33 Å². The summed E-state index contributed by atoms with van der Waals surface area (Å²) < 4.78 is 25.8. The third-order valence-electron chi connectivity index (χ3n) is 1.84. The Balaban J connectivity index is 2.29. The molecule has 0 amide bonds. The second kappa shape index (κ2) is 3.81. The number of hydrogen-bond acceptors (Lipinski definition) is 5. The second-order valence-electron chi connectivity index (χ2n) is 3.01. The topological polar surface area (TPSA) is 114 Å². The molecule has 7 nitrogen and oxygen atoms in total. The fraction of sp³-hybridized carbons (Fsp3) is 0. The molecule has 0 aliphatic carbocycles. The van der Waals surface area contributed by atoms with Gasteiger partial charge in [0.2, 0.25) is 5.95 Å². The molecule has 0 aliphatic heterocycles. The number of hydrogen-bond donors (Lipinski definition) is 3. The average Bonchev–Trinajstić information content (AvgIpc) is 2.70. The largest absolute Gasteiger partial charge is 0.399 e. The van der Waals surface area contributed by atoms with Crippen LogP contribution in [0.1, 0.15) is 0 Å². The molecule has 84 valence electrons. The first kappa shape index (κ1) is 10.4. The summed E-state index contributed by atoms with van der Waals surface area (Å²) in [5.41, 5.74) is 5.96. The lowest BCUT2D eigenvalue weighted by atomic mass is 10.3. The molecule has 0 radical (unpaired) electrons. The van der Waals surface area contributed by atoms with Crippen molar-refractivity contribution in [3.05, 3.63) is 30.6 Å². The minimum atomic E-state index is -3.64. The van der Waals surface area contributed by atoms with Gasteiger partial charge in [-0.05, 0) is 24.3 Å². The average molecular weight is 239 g/mol. The van der Waals surface area contributed by atoms with E-state index >= 15 is 0 Å². The third-order valence-corrected chi connectivity index (χ3v) is 3.19. The number of nitrogen functional groups attached to an aromatic ring is 1. The first-order valence-corrected chi connectivity index (χ1v) is 5.80. The predicted octanol–water partition coefficient (Wildman–Crippen LogP) is 0.188. The van der Waals surface area contributed by atoms with Crippen LogP contribution >= 0.6 is 0 Å². The van der Waals surface area contributed by atoms with Gasteiger partial charge in [-0.2, -0.15) is 10.1 Å². The zero-order chi connectivity index (χ0) is 11.6. The van der Waals surface area contributed by atoms with E-state index in [1.165, 1.54) is 30.6 Å². The van der Waals surface area contributed by atoms with Gasteiger partial charge in [0.25, 0.3) is 10.0 Å². The van der Waals surface area contributed by atoms with Crippen LogP contribution in [0.2, 0.25) is 0 Å². The van der Waals surface area contributed by atoms with Crippen molar-refractivity contribution in [2.45, 2.75) is 4.90 Å². The van der Waals surface area contributed by atoms with E-state index in [-0.39, 0.29) is 10.8 Å². The summed E-state index contributed by atoms with van der Waals surface area (Å²) in [6.07, 6.45) is 1.21. The lowest BCUT2D eigenvalue weighted by molar-refractivity contribution is 0.601. The van der Waals surface area contributed by atoms with Crippen LogP contribution in [-0.2, 0) is 10.0 Å². The van der Waals surface area contributed by atoms with E-state index in [1.54, 1.807) is 0 Å². The fourth-order valence-electron chi connectivity index (χ4n) is 1.09. The van der Waals surface area contributed by atoms with E-state index in [9.17, 15) is 8.42 Å². The van der Waals surface area contributed by atoms with Gasteiger partial charge in [0, 0.05) is 5.69 Å². The molecule has 0 atom stereocenters. The first-order chi connectivity index (χ1) is 7.58. The standard InChI is InChI=1S/C8H9N5O2S/c9-6-1-3-7(4-2-6)16(14,15)13-8-10-5-11-12-8/h1-5H,9H2,(H2,10,11,12,13). The van der Waals surface area contributed by atoms with Gasteiger partial charge in [0.05, 0.1) is 4.90 Å². The molecule has 2 aromatic rings. The maximum absolute atomic E-state index is 11.8. The Labute approximate surface area is 91.8 Å². The quantitative estimate of drug-likeness (QED) is 0.661. The molecule has 0 unspecified atom stereocenters. The van der Waals surface area contributed by atoms with Gasteiger partial charge in [-0.15, -0.1) is 0 Å². The van der Waals surface area contributed by atoms with Crippen LogP contribution in [0.15, 0.2) is 35.5 Å². The number of H-pyrrole nitrogens is 1. The Bertz CT molecular complexity index is 561. The van der Waals surface area contributed by atoms with Crippen LogP contribution in [0, 0.1) is 0 Å². The van der Waals surface area contributed by atoms with Crippen LogP contribution in [0.5, 0.6) is 0 Å². The predicted molar refractivity (Wildman–Crippen MR) is 58.0 cm³/mol. The highest BCUT2D eigenvalue weighted by Gasteiger charge is 2.14. The van der Waals surface area contributed by atoms with Crippen molar-refractivity contribution in [1.29, 1.82) is 0 Å². The highest BCUT2D eigenvalue weighted by atomic mass is 32.2. The number of nitrogens with two attached hydrogens (primary N) is 1. The zero-order valence-electron chi connectivity index (χ0n) is 8.08. The Hall–Kier alpha value is -2.09. The molecule has 1 aromatic heterocycles. The Kier molecular flexibility index (Phi) is 2.49. The van der Waals surface area contributed by atoms with E-state index in [2.05, 4.69) is 19.9 Å². The maximum atomic E-state index is 11.8. The molecule has 0 saturated heterocycles. The molecule has 8 heteroatoms. The molecule has 0 saturated carbocycles. The van der Waals surface area contributed by atoms with Crippen molar-refractivity contribution in [3.8, 4) is 0 Å². The van der Waals surface area contributed by atoms with E-state index in [0.29, 0.717) is 5.69 Å². The highest BCUT2D eigenvalue weighted by Crippen LogP contribution is 2.14. The molecule has 0 aliphatic rings. The van der Waals surface area contributed by atoms with E-state index in [1.807, 2.05) is 0 Å². The van der Waals surface area contributed by atoms with Gasteiger partial charge in [-0.25, -0.2) is 18.2 Å².